The first-order chi connectivity index (χ1) is 13.0. The molecule has 0 aliphatic rings. The van der Waals surface area contributed by atoms with E-state index in [-0.39, 0.29) is 6.42 Å². The molecule has 27 heavy (non-hydrogen) atoms. The Morgan fingerprint density at radius 2 is 1.78 bits per heavy atom. The van der Waals surface area contributed by atoms with Crippen LogP contribution in [0.5, 0.6) is 11.5 Å². The zero-order valence-electron chi connectivity index (χ0n) is 15.1. The number of aryl methyl sites for hydroxylation is 1. The van der Waals surface area contributed by atoms with Gasteiger partial charge in [0.15, 0.2) is 0 Å². The van der Waals surface area contributed by atoms with E-state index in [4.69, 9.17) is 26.2 Å². The number of carboxylic acid groups (broad SMARTS) is 1. The Kier molecular flexibility index (Phi) is 5.72. The maximum absolute atomic E-state index is 11.1. The Bertz CT molecular complexity index is 947. The van der Waals surface area contributed by atoms with Crippen LogP contribution in [0.4, 0.5) is 0 Å². The minimum absolute atomic E-state index is 0.0381. The van der Waals surface area contributed by atoms with Crippen molar-refractivity contribution in [2.24, 2.45) is 0 Å². The fourth-order valence-electron chi connectivity index (χ4n) is 3.01. The predicted octanol–water partition coefficient (Wildman–Crippen LogP) is 4.83. The second kappa shape index (κ2) is 8.18. The molecule has 3 rings (SSSR count). The van der Waals surface area contributed by atoms with Crippen molar-refractivity contribution in [1.29, 1.82) is 0 Å². The molecular weight excluding hydrogens is 366 g/mol. The lowest BCUT2D eigenvalue weighted by atomic mass is 10.1. The number of benzene rings is 2. The van der Waals surface area contributed by atoms with Crippen molar-refractivity contribution in [2.45, 2.75) is 12.8 Å². The van der Waals surface area contributed by atoms with Gasteiger partial charge in [0.2, 0.25) is 0 Å². The Morgan fingerprint density at radius 1 is 1.04 bits per heavy atom. The number of halogens is 1. The van der Waals surface area contributed by atoms with Gasteiger partial charge in [0.1, 0.15) is 11.5 Å². The topological polar surface area (TPSA) is 60.7 Å². The number of rotatable bonds is 7. The third-order valence-corrected chi connectivity index (χ3v) is 4.58. The number of aromatic nitrogens is 1. The van der Waals surface area contributed by atoms with Crippen LogP contribution in [0.15, 0.2) is 54.6 Å². The summed E-state index contributed by atoms with van der Waals surface area (Å²) in [5, 5.41) is 9.76. The summed E-state index contributed by atoms with van der Waals surface area (Å²) in [6.45, 7) is 0. The van der Waals surface area contributed by atoms with Crippen molar-refractivity contribution in [3.8, 4) is 28.4 Å². The Hall–Kier alpha value is -2.92. The van der Waals surface area contributed by atoms with Gasteiger partial charge in [-0.15, -0.1) is 0 Å². The van der Waals surface area contributed by atoms with E-state index in [0.29, 0.717) is 22.9 Å². The summed E-state index contributed by atoms with van der Waals surface area (Å²) in [6.07, 6.45) is 0.430. The van der Waals surface area contributed by atoms with Crippen LogP contribution in [0, 0.1) is 0 Å². The smallest absolute Gasteiger partial charge is 0.303 e. The molecule has 6 heteroatoms. The highest BCUT2D eigenvalue weighted by Crippen LogP contribution is 2.34. The zero-order chi connectivity index (χ0) is 19.4. The number of carbonyl (C=O) groups is 1. The summed E-state index contributed by atoms with van der Waals surface area (Å²) in [4.78, 5) is 11.1. The van der Waals surface area contributed by atoms with Crippen LogP contribution in [0.1, 0.15) is 12.1 Å². The van der Waals surface area contributed by atoms with E-state index in [0.717, 1.165) is 22.6 Å². The molecule has 0 aliphatic carbocycles. The molecule has 1 aromatic heterocycles. The van der Waals surface area contributed by atoms with Gasteiger partial charge in [-0.3, -0.25) is 4.79 Å². The fraction of sp³-hybridized carbons (Fsp3) is 0.190. The quantitative estimate of drug-likeness (QED) is 0.632. The van der Waals surface area contributed by atoms with Crippen LogP contribution in [0.25, 0.3) is 16.9 Å². The average Bonchev–Trinajstić information content (AvgIpc) is 3.10. The van der Waals surface area contributed by atoms with Crippen LogP contribution in [0.3, 0.4) is 0 Å². The van der Waals surface area contributed by atoms with Gasteiger partial charge in [-0.2, -0.15) is 0 Å². The van der Waals surface area contributed by atoms with Gasteiger partial charge >= 0.3 is 5.97 Å². The molecule has 0 bridgehead atoms. The Balaban J connectivity index is 2.20. The molecule has 0 saturated carbocycles. The maximum atomic E-state index is 11.1. The van der Waals surface area contributed by atoms with Crippen molar-refractivity contribution < 1.29 is 19.4 Å². The second-order valence-corrected chi connectivity index (χ2v) is 6.42. The third kappa shape index (κ3) is 4.09. The molecule has 0 saturated heterocycles. The number of ether oxygens (including phenoxy) is 2. The molecule has 3 aromatic rings. The molecule has 0 spiro atoms. The van der Waals surface area contributed by atoms with Crippen LogP contribution >= 0.6 is 11.6 Å². The van der Waals surface area contributed by atoms with Gasteiger partial charge < -0.3 is 19.1 Å². The summed E-state index contributed by atoms with van der Waals surface area (Å²) < 4.78 is 12.9. The molecule has 0 radical (unpaired) electrons. The monoisotopic (exact) mass is 385 g/mol. The second-order valence-electron chi connectivity index (χ2n) is 5.98. The van der Waals surface area contributed by atoms with E-state index in [1.165, 1.54) is 0 Å². The highest BCUT2D eigenvalue weighted by atomic mass is 35.5. The van der Waals surface area contributed by atoms with Gasteiger partial charge in [0.05, 0.1) is 32.0 Å². The van der Waals surface area contributed by atoms with Crippen molar-refractivity contribution in [1.82, 2.24) is 4.57 Å². The van der Waals surface area contributed by atoms with Crippen LogP contribution in [0.2, 0.25) is 5.02 Å². The fourth-order valence-corrected chi connectivity index (χ4v) is 3.14. The maximum Gasteiger partial charge on any atom is 0.303 e. The molecule has 0 aliphatic heterocycles. The first kappa shape index (κ1) is 18.9. The number of hydrogen-bond donors (Lipinski definition) is 1. The van der Waals surface area contributed by atoms with Crippen LogP contribution in [-0.2, 0) is 11.2 Å². The lowest BCUT2D eigenvalue weighted by Gasteiger charge is -2.18. The van der Waals surface area contributed by atoms with Gasteiger partial charge in [-0.05, 0) is 48.4 Å². The Morgan fingerprint density at radius 3 is 2.41 bits per heavy atom. The van der Waals surface area contributed by atoms with Gasteiger partial charge in [-0.1, -0.05) is 23.7 Å². The third-order valence-electron chi connectivity index (χ3n) is 4.32. The average molecular weight is 386 g/mol. The number of methoxy groups -OCH3 is 2. The normalized spacial score (nSPS) is 10.6. The van der Waals surface area contributed by atoms with Gasteiger partial charge in [-0.25, -0.2) is 0 Å². The molecule has 5 nitrogen and oxygen atoms in total. The zero-order valence-corrected chi connectivity index (χ0v) is 15.9. The molecule has 0 fully saturated rings. The Labute approximate surface area is 162 Å². The van der Waals surface area contributed by atoms with E-state index >= 15 is 0 Å². The highest BCUT2D eigenvalue weighted by molar-refractivity contribution is 6.30. The summed E-state index contributed by atoms with van der Waals surface area (Å²) in [5.74, 6) is 0.512. The summed E-state index contributed by atoms with van der Waals surface area (Å²) in [5.41, 5.74) is 3.53. The molecular formula is C21H20ClNO4. The van der Waals surface area contributed by atoms with E-state index < -0.39 is 5.97 Å². The number of nitrogens with zero attached hydrogens (tertiary/aromatic N) is 1. The van der Waals surface area contributed by atoms with E-state index in [2.05, 4.69) is 0 Å². The summed E-state index contributed by atoms with van der Waals surface area (Å²) in [6, 6.07) is 17.0. The minimum Gasteiger partial charge on any atom is -0.497 e. The first-order valence-corrected chi connectivity index (χ1v) is 8.82. The lowest BCUT2D eigenvalue weighted by Crippen LogP contribution is -2.07. The molecule has 0 amide bonds. The van der Waals surface area contributed by atoms with E-state index in [9.17, 15) is 4.79 Å². The molecule has 1 N–H and O–H groups in total. The number of aliphatic carboxylic acids is 1. The molecule has 140 valence electrons. The van der Waals surface area contributed by atoms with E-state index in [1.807, 2.05) is 59.2 Å². The molecule has 1 heterocycles. The highest BCUT2D eigenvalue weighted by Gasteiger charge is 2.17. The summed E-state index contributed by atoms with van der Waals surface area (Å²) >= 11 is 6.02. The first-order valence-electron chi connectivity index (χ1n) is 8.44. The molecule has 0 unspecified atom stereocenters. The van der Waals surface area contributed by atoms with Crippen molar-refractivity contribution in [3.05, 3.63) is 65.3 Å². The van der Waals surface area contributed by atoms with Crippen LogP contribution in [-0.4, -0.2) is 29.9 Å². The predicted molar refractivity (Wildman–Crippen MR) is 105 cm³/mol. The van der Waals surface area contributed by atoms with Crippen molar-refractivity contribution in [2.75, 3.05) is 14.2 Å². The minimum atomic E-state index is -0.839. The largest absolute Gasteiger partial charge is 0.497 e. The van der Waals surface area contributed by atoms with E-state index in [1.54, 1.807) is 14.2 Å². The molecule has 0 atom stereocenters. The van der Waals surface area contributed by atoms with Crippen LogP contribution < -0.4 is 9.47 Å². The number of carboxylic acids is 1. The van der Waals surface area contributed by atoms with Crippen molar-refractivity contribution >= 4 is 17.6 Å². The number of hydrogen-bond acceptors (Lipinski definition) is 3. The molecule has 2 aromatic carbocycles. The van der Waals surface area contributed by atoms with Crippen molar-refractivity contribution in [3.63, 3.8) is 0 Å². The van der Waals surface area contributed by atoms with Gasteiger partial charge in [0, 0.05) is 16.8 Å². The van der Waals surface area contributed by atoms with Gasteiger partial charge in [0.25, 0.3) is 0 Å². The SMILES string of the molecule is COc1ccc(OC)c(-n2c(CCC(=O)O)ccc2-c2ccc(Cl)cc2)c1. The lowest BCUT2D eigenvalue weighted by molar-refractivity contribution is -0.136. The standard InChI is InChI=1S/C21H20ClNO4/c1-26-17-9-11-20(27-2)19(13-17)23-16(8-12-21(24)25)7-10-18(23)14-3-5-15(22)6-4-14/h3-7,9-11,13H,8,12H2,1-2H3,(H,24,25). The summed E-state index contributed by atoms with van der Waals surface area (Å²) in [7, 11) is 3.21.